The number of rotatable bonds is 8. The van der Waals surface area contributed by atoms with Gasteiger partial charge in [0.2, 0.25) is 0 Å². The van der Waals surface area contributed by atoms with Crippen LogP contribution < -0.4 is 11.3 Å². The van der Waals surface area contributed by atoms with Gasteiger partial charge in [0.1, 0.15) is 6.33 Å². The summed E-state index contributed by atoms with van der Waals surface area (Å²) >= 11 is 0. The van der Waals surface area contributed by atoms with E-state index in [4.69, 9.17) is 15.3 Å². The van der Waals surface area contributed by atoms with Gasteiger partial charge in [-0.05, 0) is 6.42 Å². The zero-order chi connectivity index (χ0) is 11.6. The highest BCUT2D eigenvalue weighted by molar-refractivity contribution is 5.08. The number of hydrogen-bond acceptors (Lipinski definition) is 6. The molecule has 0 radical (unpaired) electrons. The largest absolute Gasteiger partial charge is 0.382 e. The highest BCUT2D eigenvalue weighted by atomic mass is 16.5. The van der Waals surface area contributed by atoms with Crippen molar-refractivity contribution in [2.24, 2.45) is 5.84 Å². The summed E-state index contributed by atoms with van der Waals surface area (Å²) in [5.41, 5.74) is 3.68. The van der Waals surface area contributed by atoms with Crippen molar-refractivity contribution in [2.45, 2.75) is 12.5 Å². The molecule has 0 fully saturated rings. The fourth-order valence-electron chi connectivity index (χ4n) is 1.28. The Balaban J connectivity index is 2.27. The molecule has 1 atom stereocenters. The molecular formula is C10H18N4O2. The smallest absolute Gasteiger partial charge is 0.115 e. The van der Waals surface area contributed by atoms with Gasteiger partial charge in [0.05, 0.1) is 19.3 Å². The van der Waals surface area contributed by atoms with Gasteiger partial charge in [0.15, 0.2) is 0 Å². The molecule has 1 heterocycles. The van der Waals surface area contributed by atoms with Crippen LogP contribution in [0.5, 0.6) is 0 Å². The first-order valence-electron chi connectivity index (χ1n) is 5.16. The minimum atomic E-state index is 0.0174. The number of nitrogens with one attached hydrogen (secondary N) is 1. The molecule has 16 heavy (non-hydrogen) atoms. The Morgan fingerprint density at radius 3 is 2.69 bits per heavy atom. The second kappa shape index (κ2) is 8.12. The van der Waals surface area contributed by atoms with Gasteiger partial charge in [-0.25, -0.2) is 9.97 Å². The first kappa shape index (κ1) is 13.0. The van der Waals surface area contributed by atoms with Gasteiger partial charge in [0.25, 0.3) is 0 Å². The molecule has 6 nitrogen and oxygen atoms in total. The van der Waals surface area contributed by atoms with E-state index in [-0.39, 0.29) is 6.04 Å². The fraction of sp³-hybridized carbons (Fsp3) is 0.600. The van der Waals surface area contributed by atoms with E-state index in [1.807, 2.05) is 0 Å². The lowest BCUT2D eigenvalue weighted by Crippen LogP contribution is -2.29. The number of hydrogen-bond donors (Lipinski definition) is 2. The third kappa shape index (κ3) is 4.63. The van der Waals surface area contributed by atoms with Gasteiger partial charge in [-0.3, -0.25) is 11.3 Å². The normalized spacial score (nSPS) is 12.6. The van der Waals surface area contributed by atoms with Crippen LogP contribution in [-0.2, 0) is 9.47 Å². The molecule has 0 bridgehead atoms. The van der Waals surface area contributed by atoms with Crippen LogP contribution in [0.1, 0.15) is 18.0 Å². The number of aromatic nitrogens is 2. The van der Waals surface area contributed by atoms with Crippen molar-refractivity contribution in [3.05, 3.63) is 24.3 Å². The summed E-state index contributed by atoms with van der Waals surface area (Å²) in [4.78, 5) is 7.89. The summed E-state index contributed by atoms with van der Waals surface area (Å²) < 4.78 is 10.2. The monoisotopic (exact) mass is 226 g/mol. The number of ether oxygens (including phenoxy) is 2. The Morgan fingerprint density at radius 1 is 1.31 bits per heavy atom. The molecular weight excluding hydrogens is 208 g/mol. The topological polar surface area (TPSA) is 82.3 Å². The first-order valence-corrected chi connectivity index (χ1v) is 5.16. The molecule has 1 aromatic rings. The Bertz CT molecular complexity index is 271. The van der Waals surface area contributed by atoms with Crippen LogP contribution >= 0.6 is 0 Å². The molecule has 1 rings (SSSR count). The molecule has 0 aliphatic heterocycles. The third-order valence-corrected chi connectivity index (χ3v) is 2.17. The van der Waals surface area contributed by atoms with Crippen LogP contribution in [0.3, 0.4) is 0 Å². The number of methoxy groups -OCH3 is 1. The quantitative estimate of drug-likeness (QED) is 0.370. The molecule has 0 saturated carbocycles. The van der Waals surface area contributed by atoms with Crippen molar-refractivity contribution in [1.29, 1.82) is 0 Å². The van der Waals surface area contributed by atoms with Crippen LogP contribution in [0.15, 0.2) is 18.7 Å². The Morgan fingerprint density at radius 2 is 2.06 bits per heavy atom. The molecule has 0 aromatic carbocycles. The summed E-state index contributed by atoms with van der Waals surface area (Å²) in [5.74, 6) is 5.46. The molecule has 0 aliphatic carbocycles. The van der Waals surface area contributed by atoms with Crippen molar-refractivity contribution in [2.75, 3.05) is 26.9 Å². The van der Waals surface area contributed by atoms with Crippen molar-refractivity contribution < 1.29 is 9.47 Å². The highest BCUT2D eigenvalue weighted by Gasteiger charge is 2.09. The molecule has 0 amide bonds. The van der Waals surface area contributed by atoms with E-state index in [1.54, 1.807) is 19.5 Å². The molecule has 1 unspecified atom stereocenters. The summed E-state index contributed by atoms with van der Waals surface area (Å²) in [6.45, 7) is 1.82. The zero-order valence-corrected chi connectivity index (χ0v) is 9.43. The van der Waals surface area contributed by atoms with Gasteiger partial charge in [-0.1, -0.05) is 0 Å². The molecule has 90 valence electrons. The molecule has 0 saturated heterocycles. The second-order valence-electron chi connectivity index (χ2n) is 3.28. The van der Waals surface area contributed by atoms with Crippen molar-refractivity contribution in [1.82, 2.24) is 15.4 Å². The second-order valence-corrected chi connectivity index (χ2v) is 3.28. The van der Waals surface area contributed by atoms with Gasteiger partial charge >= 0.3 is 0 Å². The van der Waals surface area contributed by atoms with E-state index in [0.29, 0.717) is 19.8 Å². The number of hydrazine groups is 1. The van der Waals surface area contributed by atoms with Crippen LogP contribution in [0.25, 0.3) is 0 Å². The van der Waals surface area contributed by atoms with E-state index >= 15 is 0 Å². The van der Waals surface area contributed by atoms with E-state index in [1.165, 1.54) is 6.33 Å². The Hall–Kier alpha value is -1.08. The van der Waals surface area contributed by atoms with E-state index in [9.17, 15) is 0 Å². The van der Waals surface area contributed by atoms with E-state index in [0.717, 1.165) is 12.0 Å². The average Bonchev–Trinajstić information content (AvgIpc) is 2.35. The van der Waals surface area contributed by atoms with E-state index < -0.39 is 0 Å². The lowest BCUT2D eigenvalue weighted by molar-refractivity contribution is 0.0657. The maximum Gasteiger partial charge on any atom is 0.115 e. The summed E-state index contributed by atoms with van der Waals surface area (Å²) in [6.07, 6.45) is 5.75. The van der Waals surface area contributed by atoms with Crippen LogP contribution in [0.4, 0.5) is 0 Å². The first-order chi connectivity index (χ1) is 7.88. The predicted octanol–water partition coefficient (Wildman–Crippen LogP) is 0.0341. The summed E-state index contributed by atoms with van der Waals surface area (Å²) in [7, 11) is 1.65. The molecule has 1 aromatic heterocycles. The lowest BCUT2D eigenvalue weighted by Gasteiger charge is -2.15. The minimum Gasteiger partial charge on any atom is -0.382 e. The Labute approximate surface area is 95.1 Å². The summed E-state index contributed by atoms with van der Waals surface area (Å²) in [5, 5.41) is 0. The lowest BCUT2D eigenvalue weighted by atomic mass is 10.1. The number of nitrogens with zero attached hydrogens (tertiary/aromatic N) is 2. The van der Waals surface area contributed by atoms with Gasteiger partial charge in [0, 0.05) is 31.7 Å². The molecule has 3 N–H and O–H groups in total. The SMILES string of the molecule is COCCOCCC(NN)c1cncnc1. The van der Waals surface area contributed by atoms with Crippen LogP contribution in [0.2, 0.25) is 0 Å². The van der Waals surface area contributed by atoms with Crippen molar-refractivity contribution in [3.8, 4) is 0 Å². The highest BCUT2D eigenvalue weighted by Crippen LogP contribution is 2.12. The summed E-state index contributed by atoms with van der Waals surface area (Å²) in [6, 6.07) is 0.0174. The fourth-order valence-corrected chi connectivity index (χ4v) is 1.28. The predicted molar refractivity (Wildman–Crippen MR) is 59.4 cm³/mol. The van der Waals surface area contributed by atoms with Crippen LogP contribution in [0, 0.1) is 0 Å². The standard InChI is InChI=1S/C10H18N4O2/c1-15-4-5-16-3-2-10(14-11)9-6-12-8-13-7-9/h6-8,10,14H,2-5,11H2,1H3. The van der Waals surface area contributed by atoms with Gasteiger partial charge in [-0.2, -0.15) is 0 Å². The zero-order valence-electron chi connectivity index (χ0n) is 9.43. The molecule has 6 heteroatoms. The van der Waals surface area contributed by atoms with Gasteiger partial charge < -0.3 is 9.47 Å². The van der Waals surface area contributed by atoms with Gasteiger partial charge in [-0.15, -0.1) is 0 Å². The van der Waals surface area contributed by atoms with Crippen molar-refractivity contribution in [3.63, 3.8) is 0 Å². The van der Waals surface area contributed by atoms with E-state index in [2.05, 4.69) is 15.4 Å². The maximum absolute atomic E-state index is 5.46. The maximum atomic E-state index is 5.46. The third-order valence-electron chi connectivity index (χ3n) is 2.17. The average molecular weight is 226 g/mol. The Kier molecular flexibility index (Phi) is 6.59. The number of nitrogens with two attached hydrogens (primary N) is 1. The van der Waals surface area contributed by atoms with Crippen molar-refractivity contribution >= 4 is 0 Å². The minimum absolute atomic E-state index is 0.0174. The molecule has 0 aliphatic rings. The molecule has 0 spiro atoms. The van der Waals surface area contributed by atoms with Crippen LogP contribution in [-0.4, -0.2) is 36.9 Å².